The van der Waals surface area contributed by atoms with Gasteiger partial charge < -0.3 is 0 Å². The lowest BCUT2D eigenvalue weighted by atomic mass is 9.77. The quantitative estimate of drug-likeness (QED) is 0.641. The van der Waals surface area contributed by atoms with Gasteiger partial charge in [0.05, 0.1) is 0 Å². The minimum atomic E-state index is 0.754. The van der Waals surface area contributed by atoms with E-state index in [1.165, 1.54) is 38.5 Å². The third-order valence-corrected chi connectivity index (χ3v) is 5.32. The highest BCUT2D eigenvalue weighted by atomic mass is 79.9. The first-order valence-corrected chi connectivity index (χ1v) is 7.91. The van der Waals surface area contributed by atoms with Crippen LogP contribution in [-0.4, -0.2) is 4.83 Å². The first-order valence-electron chi connectivity index (χ1n) is 7.00. The summed E-state index contributed by atoms with van der Waals surface area (Å²) in [5.41, 5.74) is 1.55. The maximum Gasteiger partial charge on any atom is 0.0174 e. The molecule has 0 bridgehead atoms. The molecule has 0 aliphatic heterocycles. The van der Waals surface area contributed by atoms with Crippen LogP contribution in [-0.2, 0) is 0 Å². The predicted molar refractivity (Wildman–Crippen MR) is 78.8 cm³/mol. The molecule has 2 rings (SSSR count). The van der Waals surface area contributed by atoms with E-state index < -0.39 is 0 Å². The van der Waals surface area contributed by atoms with E-state index in [1.54, 1.807) is 5.56 Å². The van der Waals surface area contributed by atoms with Crippen molar-refractivity contribution in [3.8, 4) is 0 Å². The zero-order chi connectivity index (χ0) is 12.1. The highest BCUT2D eigenvalue weighted by Crippen LogP contribution is 2.39. The van der Waals surface area contributed by atoms with Crippen LogP contribution in [0.4, 0.5) is 0 Å². The van der Waals surface area contributed by atoms with Crippen LogP contribution < -0.4 is 0 Å². The first kappa shape index (κ1) is 13.1. The summed E-state index contributed by atoms with van der Waals surface area (Å²) >= 11 is 3.88. The fourth-order valence-corrected chi connectivity index (χ4v) is 4.04. The molecule has 0 amide bonds. The molecule has 1 aliphatic rings. The van der Waals surface area contributed by atoms with Crippen LogP contribution in [0.25, 0.3) is 0 Å². The Hall–Kier alpha value is -0.300. The Kier molecular flexibility index (Phi) is 5.09. The van der Waals surface area contributed by atoms with Gasteiger partial charge in [0.2, 0.25) is 0 Å². The monoisotopic (exact) mass is 294 g/mol. The van der Waals surface area contributed by atoms with E-state index in [0.717, 1.165) is 16.7 Å². The second-order valence-electron chi connectivity index (χ2n) is 5.33. The van der Waals surface area contributed by atoms with Gasteiger partial charge in [0.25, 0.3) is 0 Å². The molecular weight excluding hydrogens is 272 g/mol. The van der Waals surface area contributed by atoms with Gasteiger partial charge in [-0.2, -0.15) is 0 Å². The summed E-state index contributed by atoms with van der Waals surface area (Å²) in [6, 6.07) is 11.0. The summed E-state index contributed by atoms with van der Waals surface area (Å²) < 4.78 is 0. The van der Waals surface area contributed by atoms with Crippen molar-refractivity contribution in [3.63, 3.8) is 0 Å². The van der Waals surface area contributed by atoms with Gasteiger partial charge in [-0.1, -0.05) is 59.6 Å². The third-order valence-electron chi connectivity index (χ3n) is 4.12. The number of hydrogen-bond acceptors (Lipinski definition) is 0. The fraction of sp³-hybridized carbons (Fsp3) is 0.625. The Bertz CT molecular complexity index is 312. The molecule has 1 aliphatic carbocycles. The molecule has 0 saturated heterocycles. The van der Waals surface area contributed by atoms with Gasteiger partial charge in [0.1, 0.15) is 0 Å². The van der Waals surface area contributed by atoms with Crippen LogP contribution in [0.3, 0.4) is 0 Å². The largest absolute Gasteiger partial charge is 0.0888 e. The van der Waals surface area contributed by atoms with Gasteiger partial charge in [-0.15, -0.1) is 0 Å². The average molecular weight is 295 g/mol. The molecule has 1 aromatic rings. The molecule has 0 spiro atoms. The highest BCUT2D eigenvalue weighted by molar-refractivity contribution is 9.09. The van der Waals surface area contributed by atoms with Crippen molar-refractivity contribution in [1.29, 1.82) is 0 Å². The highest BCUT2D eigenvalue weighted by Gasteiger charge is 2.26. The molecule has 94 valence electrons. The Balaban J connectivity index is 1.86. The average Bonchev–Trinajstić information content (AvgIpc) is 2.40. The fourth-order valence-electron chi connectivity index (χ4n) is 3.05. The van der Waals surface area contributed by atoms with Crippen molar-refractivity contribution in [2.24, 2.45) is 5.92 Å². The van der Waals surface area contributed by atoms with Gasteiger partial charge in [-0.05, 0) is 49.5 Å². The van der Waals surface area contributed by atoms with E-state index in [0.29, 0.717) is 0 Å². The Morgan fingerprint density at radius 2 is 1.76 bits per heavy atom. The maximum absolute atomic E-state index is 3.88. The van der Waals surface area contributed by atoms with Crippen LogP contribution in [0.1, 0.15) is 56.9 Å². The van der Waals surface area contributed by atoms with Crippen molar-refractivity contribution >= 4 is 15.9 Å². The van der Waals surface area contributed by atoms with Gasteiger partial charge in [-0.25, -0.2) is 0 Å². The lowest BCUT2D eigenvalue weighted by Gasteiger charge is -2.31. The molecule has 17 heavy (non-hydrogen) atoms. The van der Waals surface area contributed by atoms with Crippen LogP contribution in [0, 0.1) is 5.92 Å². The van der Waals surface area contributed by atoms with Crippen LogP contribution >= 0.6 is 15.9 Å². The number of rotatable bonds is 4. The van der Waals surface area contributed by atoms with E-state index in [4.69, 9.17) is 0 Å². The topological polar surface area (TPSA) is 0 Å². The normalized spacial score (nSPS) is 26.7. The lowest BCUT2D eigenvalue weighted by molar-refractivity contribution is 0.314. The lowest BCUT2D eigenvalue weighted by Crippen LogP contribution is -2.21. The second kappa shape index (κ2) is 6.58. The van der Waals surface area contributed by atoms with E-state index in [1.807, 2.05) is 0 Å². The number of alkyl halides is 1. The number of halogens is 1. The summed E-state index contributed by atoms with van der Waals surface area (Å²) in [6.45, 7) is 2.28. The smallest absolute Gasteiger partial charge is 0.0174 e. The summed E-state index contributed by atoms with van der Waals surface area (Å²) in [4.78, 5) is 0.754. The molecule has 1 fully saturated rings. The molecule has 1 saturated carbocycles. The Labute approximate surface area is 114 Å². The molecule has 1 heteroatoms. The molecule has 0 N–H and O–H groups in total. The van der Waals surface area contributed by atoms with Gasteiger partial charge in [0.15, 0.2) is 0 Å². The van der Waals surface area contributed by atoms with Gasteiger partial charge in [-0.3, -0.25) is 0 Å². The SMILES string of the molecule is CCCC(Br)C1CCC(c2ccccc2)CC1. The van der Waals surface area contributed by atoms with Gasteiger partial charge in [0, 0.05) is 4.83 Å². The van der Waals surface area contributed by atoms with E-state index in [-0.39, 0.29) is 0 Å². The number of hydrogen-bond donors (Lipinski definition) is 0. The molecular formula is C16H23Br. The first-order chi connectivity index (χ1) is 8.31. The van der Waals surface area contributed by atoms with Crippen molar-refractivity contribution in [2.75, 3.05) is 0 Å². The van der Waals surface area contributed by atoms with E-state index in [9.17, 15) is 0 Å². The summed E-state index contributed by atoms with van der Waals surface area (Å²) in [7, 11) is 0. The predicted octanol–water partition coefficient (Wildman–Crippen LogP) is 5.52. The number of benzene rings is 1. The van der Waals surface area contributed by atoms with Crippen molar-refractivity contribution in [2.45, 2.75) is 56.2 Å². The Morgan fingerprint density at radius 3 is 2.35 bits per heavy atom. The van der Waals surface area contributed by atoms with Crippen molar-refractivity contribution < 1.29 is 0 Å². The Morgan fingerprint density at radius 1 is 1.12 bits per heavy atom. The van der Waals surface area contributed by atoms with E-state index >= 15 is 0 Å². The van der Waals surface area contributed by atoms with Crippen LogP contribution in [0.2, 0.25) is 0 Å². The summed E-state index contributed by atoms with van der Waals surface area (Å²) in [5, 5.41) is 0. The van der Waals surface area contributed by atoms with Crippen molar-refractivity contribution in [3.05, 3.63) is 35.9 Å². The zero-order valence-corrected chi connectivity index (χ0v) is 12.3. The molecule has 1 aromatic carbocycles. The second-order valence-corrected chi connectivity index (χ2v) is 6.50. The molecule has 1 unspecified atom stereocenters. The standard InChI is InChI=1S/C16H23Br/c1-2-6-16(17)15-11-9-14(10-12-15)13-7-4-3-5-8-13/h3-5,7-8,14-16H,2,6,9-12H2,1H3. The summed E-state index contributed by atoms with van der Waals surface area (Å²) in [6.07, 6.45) is 8.18. The summed E-state index contributed by atoms with van der Waals surface area (Å²) in [5.74, 6) is 1.73. The van der Waals surface area contributed by atoms with Crippen LogP contribution in [0.5, 0.6) is 0 Å². The minimum Gasteiger partial charge on any atom is -0.0888 e. The minimum absolute atomic E-state index is 0.754. The van der Waals surface area contributed by atoms with Crippen molar-refractivity contribution in [1.82, 2.24) is 0 Å². The maximum atomic E-state index is 3.88. The van der Waals surface area contributed by atoms with E-state index in [2.05, 4.69) is 53.2 Å². The molecule has 0 nitrogen and oxygen atoms in total. The third kappa shape index (κ3) is 3.58. The molecule has 1 atom stereocenters. The zero-order valence-electron chi connectivity index (χ0n) is 10.7. The molecule has 0 radical (unpaired) electrons. The molecule has 0 heterocycles. The van der Waals surface area contributed by atoms with Gasteiger partial charge >= 0.3 is 0 Å². The molecule has 0 aromatic heterocycles. The van der Waals surface area contributed by atoms with Crippen LogP contribution in [0.15, 0.2) is 30.3 Å².